The van der Waals surface area contributed by atoms with E-state index in [4.69, 9.17) is 0 Å². The van der Waals surface area contributed by atoms with Gasteiger partial charge in [-0.15, -0.1) is 0 Å². The van der Waals surface area contributed by atoms with Gasteiger partial charge in [0.2, 0.25) is 0 Å². The number of imidazole rings is 1. The normalized spacial score (nSPS) is 17.3. The minimum atomic E-state index is 0.792. The van der Waals surface area contributed by atoms with Crippen molar-refractivity contribution < 1.29 is 0 Å². The Morgan fingerprint density at radius 2 is 2.46 bits per heavy atom. The van der Waals surface area contributed by atoms with E-state index < -0.39 is 0 Å². The van der Waals surface area contributed by atoms with Crippen LogP contribution in [0.25, 0.3) is 0 Å². The molecule has 1 fully saturated rings. The Hall–Kier alpha value is -0.830. The summed E-state index contributed by atoms with van der Waals surface area (Å²) < 4.78 is 2.09. The van der Waals surface area contributed by atoms with Crippen LogP contribution in [0.15, 0.2) is 12.4 Å². The average Bonchev–Trinajstić information content (AvgIpc) is 2.42. The molecule has 1 aromatic heterocycles. The minimum absolute atomic E-state index is 0.792. The molecule has 0 unspecified atom stereocenters. The van der Waals surface area contributed by atoms with Crippen molar-refractivity contribution in [3.05, 3.63) is 18.2 Å². The maximum atomic E-state index is 4.28. The van der Waals surface area contributed by atoms with Crippen LogP contribution in [-0.4, -0.2) is 22.1 Å². The van der Waals surface area contributed by atoms with Crippen LogP contribution in [0.5, 0.6) is 0 Å². The monoisotopic (exact) mass is 179 g/mol. The molecule has 1 N–H and O–H groups in total. The van der Waals surface area contributed by atoms with Gasteiger partial charge in [0.15, 0.2) is 0 Å². The van der Waals surface area contributed by atoms with E-state index in [-0.39, 0.29) is 0 Å². The lowest BCUT2D eigenvalue weighted by Gasteiger charge is -2.26. The van der Waals surface area contributed by atoms with Gasteiger partial charge in [0.05, 0.1) is 0 Å². The number of nitrogens with one attached hydrogen (secondary N) is 1. The summed E-state index contributed by atoms with van der Waals surface area (Å²) in [6.07, 6.45) is 9.03. The molecular weight excluding hydrogens is 162 g/mol. The molecule has 1 aromatic rings. The molecule has 0 amide bonds. The van der Waals surface area contributed by atoms with Gasteiger partial charge in [-0.2, -0.15) is 0 Å². The molecule has 1 heterocycles. The van der Waals surface area contributed by atoms with Gasteiger partial charge in [-0.1, -0.05) is 6.42 Å². The van der Waals surface area contributed by atoms with Crippen LogP contribution in [0.4, 0.5) is 0 Å². The third-order valence-electron chi connectivity index (χ3n) is 2.81. The van der Waals surface area contributed by atoms with Gasteiger partial charge < -0.3 is 9.88 Å². The first-order valence-corrected chi connectivity index (χ1v) is 5.06. The minimum Gasteiger partial charge on any atom is -0.338 e. The SMILES string of the molecule is Cn1ccnc1CCNC1CCC1. The lowest BCUT2D eigenvalue weighted by atomic mass is 9.93. The van der Waals surface area contributed by atoms with E-state index in [2.05, 4.69) is 14.9 Å². The average molecular weight is 179 g/mol. The molecule has 3 nitrogen and oxygen atoms in total. The third kappa shape index (κ3) is 2.10. The number of nitrogens with zero attached hydrogens (tertiary/aromatic N) is 2. The van der Waals surface area contributed by atoms with Crippen LogP contribution in [0, 0.1) is 0 Å². The molecule has 1 aliphatic rings. The Bertz CT molecular complexity index is 263. The third-order valence-corrected chi connectivity index (χ3v) is 2.81. The summed E-state index contributed by atoms with van der Waals surface area (Å²) >= 11 is 0. The molecular formula is C10H17N3. The summed E-state index contributed by atoms with van der Waals surface area (Å²) in [7, 11) is 2.05. The van der Waals surface area contributed by atoms with Crippen molar-refractivity contribution in [3.8, 4) is 0 Å². The molecule has 0 aliphatic heterocycles. The molecule has 1 aliphatic carbocycles. The summed E-state index contributed by atoms with van der Waals surface area (Å²) in [5.74, 6) is 1.17. The van der Waals surface area contributed by atoms with Gasteiger partial charge >= 0.3 is 0 Å². The maximum Gasteiger partial charge on any atom is 0.109 e. The summed E-state index contributed by atoms with van der Waals surface area (Å²) in [6.45, 7) is 1.06. The number of rotatable bonds is 4. The lowest BCUT2D eigenvalue weighted by molar-refractivity contribution is 0.341. The fourth-order valence-corrected chi connectivity index (χ4v) is 1.64. The Morgan fingerprint density at radius 3 is 3.00 bits per heavy atom. The molecule has 0 aromatic carbocycles. The number of hydrogen-bond acceptors (Lipinski definition) is 2. The smallest absolute Gasteiger partial charge is 0.109 e. The molecule has 3 heteroatoms. The molecule has 0 spiro atoms. The van der Waals surface area contributed by atoms with Crippen molar-refractivity contribution in [2.24, 2.45) is 7.05 Å². The fraction of sp³-hybridized carbons (Fsp3) is 0.700. The van der Waals surface area contributed by atoms with Crippen LogP contribution < -0.4 is 5.32 Å². The molecule has 1 saturated carbocycles. The van der Waals surface area contributed by atoms with Crippen molar-refractivity contribution in [3.63, 3.8) is 0 Å². The van der Waals surface area contributed by atoms with Gasteiger partial charge in [0.25, 0.3) is 0 Å². The Kier molecular flexibility index (Phi) is 2.64. The lowest BCUT2D eigenvalue weighted by Crippen LogP contribution is -2.36. The standard InChI is InChI=1S/C10H17N3/c1-13-8-7-12-10(13)5-6-11-9-3-2-4-9/h7-9,11H,2-6H2,1H3. The zero-order chi connectivity index (χ0) is 9.10. The Morgan fingerprint density at radius 1 is 1.62 bits per heavy atom. The van der Waals surface area contributed by atoms with Crippen LogP contribution in [0.3, 0.4) is 0 Å². The first-order valence-electron chi connectivity index (χ1n) is 5.06. The van der Waals surface area contributed by atoms with Crippen molar-refractivity contribution in [1.29, 1.82) is 0 Å². The second-order valence-corrected chi connectivity index (χ2v) is 3.79. The van der Waals surface area contributed by atoms with Gasteiger partial charge in [-0.3, -0.25) is 0 Å². The highest BCUT2D eigenvalue weighted by Gasteiger charge is 2.15. The van der Waals surface area contributed by atoms with E-state index in [1.54, 1.807) is 0 Å². The highest BCUT2D eigenvalue weighted by atomic mass is 15.0. The zero-order valence-corrected chi connectivity index (χ0v) is 8.16. The van der Waals surface area contributed by atoms with Gasteiger partial charge in [-0.25, -0.2) is 4.98 Å². The second-order valence-electron chi connectivity index (χ2n) is 3.79. The summed E-state index contributed by atoms with van der Waals surface area (Å²) in [5, 5.41) is 3.53. The van der Waals surface area contributed by atoms with E-state index in [0.717, 1.165) is 19.0 Å². The molecule has 0 atom stereocenters. The van der Waals surface area contributed by atoms with E-state index in [1.807, 2.05) is 19.4 Å². The highest BCUT2D eigenvalue weighted by Crippen LogP contribution is 2.17. The van der Waals surface area contributed by atoms with Crippen molar-refractivity contribution in [2.45, 2.75) is 31.7 Å². The summed E-state index contributed by atoms with van der Waals surface area (Å²) in [4.78, 5) is 4.28. The molecule has 72 valence electrons. The maximum absolute atomic E-state index is 4.28. The van der Waals surface area contributed by atoms with Crippen LogP contribution in [0.1, 0.15) is 25.1 Å². The first-order chi connectivity index (χ1) is 6.36. The summed E-state index contributed by atoms with van der Waals surface area (Å²) in [6, 6.07) is 0.792. The van der Waals surface area contributed by atoms with Crippen LogP contribution >= 0.6 is 0 Å². The number of aryl methyl sites for hydroxylation is 1. The second kappa shape index (κ2) is 3.92. The topological polar surface area (TPSA) is 29.9 Å². The van der Waals surface area contributed by atoms with Gasteiger partial charge in [0, 0.05) is 38.4 Å². The zero-order valence-electron chi connectivity index (χ0n) is 8.16. The van der Waals surface area contributed by atoms with E-state index in [9.17, 15) is 0 Å². The first kappa shape index (κ1) is 8.75. The highest BCUT2D eigenvalue weighted by molar-refractivity contribution is 4.92. The molecule has 0 radical (unpaired) electrons. The molecule has 0 bridgehead atoms. The van der Waals surface area contributed by atoms with Gasteiger partial charge in [-0.05, 0) is 12.8 Å². The summed E-state index contributed by atoms with van der Waals surface area (Å²) in [5.41, 5.74) is 0. The Labute approximate surface area is 79.2 Å². The Balaban J connectivity index is 1.70. The van der Waals surface area contributed by atoms with E-state index in [1.165, 1.54) is 25.1 Å². The van der Waals surface area contributed by atoms with Crippen LogP contribution in [0.2, 0.25) is 0 Å². The largest absolute Gasteiger partial charge is 0.338 e. The fourth-order valence-electron chi connectivity index (χ4n) is 1.64. The van der Waals surface area contributed by atoms with Crippen molar-refractivity contribution in [2.75, 3.05) is 6.54 Å². The molecule has 2 rings (SSSR count). The number of aromatic nitrogens is 2. The van der Waals surface area contributed by atoms with Crippen LogP contribution in [-0.2, 0) is 13.5 Å². The molecule has 13 heavy (non-hydrogen) atoms. The van der Waals surface area contributed by atoms with Crippen molar-refractivity contribution >= 4 is 0 Å². The van der Waals surface area contributed by atoms with Crippen molar-refractivity contribution in [1.82, 2.24) is 14.9 Å². The quantitative estimate of drug-likeness (QED) is 0.750. The number of hydrogen-bond donors (Lipinski definition) is 1. The van der Waals surface area contributed by atoms with Gasteiger partial charge in [0.1, 0.15) is 5.82 Å². The predicted molar refractivity (Wildman–Crippen MR) is 52.6 cm³/mol. The predicted octanol–water partition coefficient (Wildman–Crippen LogP) is 1.10. The molecule has 0 saturated heterocycles. The van der Waals surface area contributed by atoms with E-state index in [0.29, 0.717) is 0 Å². The van der Waals surface area contributed by atoms with E-state index >= 15 is 0 Å².